The number of nitrogens with two attached hydrogens (primary N) is 1. The Labute approximate surface area is 129 Å². The molecule has 2 rings (SSSR count). The number of anilines is 1. The summed E-state index contributed by atoms with van der Waals surface area (Å²) in [5, 5.41) is 0. The summed E-state index contributed by atoms with van der Waals surface area (Å²) in [5.41, 5.74) is 5.81. The molecule has 114 valence electrons. The van der Waals surface area contributed by atoms with E-state index in [-0.39, 0.29) is 16.7 Å². The number of thiocarbonyl (C=S) groups is 1. The van der Waals surface area contributed by atoms with Crippen molar-refractivity contribution in [1.29, 1.82) is 0 Å². The lowest BCUT2D eigenvalue weighted by molar-refractivity contribution is -0.137. The first-order valence-corrected chi connectivity index (χ1v) is 7.33. The number of hydrogen-bond donors (Lipinski definition) is 1. The van der Waals surface area contributed by atoms with E-state index in [1.807, 2.05) is 0 Å². The van der Waals surface area contributed by atoms with E-state index in [9.17, 15) is 9.18 Å². The number of hydrogen-bond acceptors (Lipinski definition) is 3. The minimum atomic E-state index is -0.812. The number of piperazine rings is 1. The van der Waals surface area contributed by atoms with Crippen LogP contribution in [-0.4, -0.2) is 42.0 Å². The van der Waals surface area contributed by atoms with Crippen molar-refractivity contribution < 1.29 is 9.18 Å². The minimum Gasteiger partial charge on any atom is -0.392 e. The SMILES string of the molecule is CC(C)(C(=O)N1CCN(c2ccc(F)cc2)CC1)C(N)=S. The summed E-state index contributed by atoms with van der Waals surface area (Å²) in [6, 6.07) is 6.41. The third kappa shape index (κ3) is 3.32. The van der Waals surface area contributed by atoms with Gasteiger partial charge < -0.3 is 15.5 Å². The zero-order valence-electron chi connectivity index (χ0n) is 12.3. The van der Waals surface area contributed by atoms with Crippen molar-refractivity contribution in [3.8, 4) is 0 Å². The van der Waals surface area contributed by atoms with E-state index in [0.717, 1.165) is 5.69 Å². The largest absolute Gasteiger partial charge is 0.392 e. The summed E-state index contributed by atoms with van der Waals surface area (Å²) in [5.74, 6) is -0.278. The molecule has 0 radical (unpaired) electrons. The predicted octanol–water partition coefficient (Wildman–Crippen LogP) is 1.79. The average molecular weight is 309 g/mol. The molecule has 1 fully saturated rings. The molecular formula is C15H20FN3OS. The normalized spacial score (nSPS) is 16.0. The van der Waals surface area contributed by atoms with Crippen LogP contribution in [-0.2, 0) is 4.79 Å². The molecule has 1 amide bonds. The molecule has 1 aliphatic heterocycles. The lowest BCUT2D eigenvalue weighted by atomic mass is 9.91. The van der Waals surface area contributed by atoms with Crippen LogP contribution in [0.15, 0.2) is 24.3 Å². The second-order valence-corrected chi connectivity index (χ2v) is 6.18. The second kappa shape index (κ2) is 5.97. The lowest BCUT2D eigenvalue weighted by Gasteiger charge is -2.39. The van der Waals surface area contributed by atoms with Gasteiger partial charge in [0.05, 0.1) is 10.4 Å². The molecule has 4 nitrogen and oxygen atoms in total. The van der Waals surface area contributed by atoms with Crippen molar-refractivity contribution in [3.63, 3.8) is 0 Å². The highest BCUT2D eigenvalue weighted by Crippen LogP contribution is 2.22. The molecule has 0 saturated carbocycles. The van der Waals surface area contributed by atoms with E-state index in [1.165, 1.54) is 12.1 Å². The van der Waals surface area contributed by atoms with Gasteiger partial charge >= 0.3 is 0 Å². The van der Waals surface area contributed by atoms with Gasteiger partial charge in [0.1, 0.15) is 5.82 Å². The standard InChI is InChI=1S/C15H20FN3OS/c1-15(2,13(17)21)14(20)19-9-7-18(8-10-19)12-5-3-11(16)4-6-12/h3-6H,7-10H2,1-2H3,(H2,17,21). The predicted molar refractivity (Wildman–Crippen MR) is 85.8 cm³/mol. The van der Waals surface area contributed by atoms with Gasteiger partial charge in [-0.3, -0.25) is 4.79 Å². The molecule has 21 heavy (non-hydrogen) atoms. The highest BCUT2D eigenvalue weighted by atomic mass is 32.1. The number of carbonyl (C=O) groups is 1. The van der Waals surface area contributed by atoms with Crippen LogP contribution >= 0.6 is 12.2 Å². The fraction of sp³-hybridized carbons (Fsp3) is 0.467. The quantitative estimate of drug-likeness (QED) is 0.865. The number of carbonyl (C=O) groups excluding carboxylic acids is 1. The highest BCUT2D eigenvalue weighted by molar-refractivity contribution is 7.80. The topological polar surface area (TPSA) is 49.6 Å². The van der Waals surface area contributed by atoms with Crippen LogP contribution in [0.4, 0.5) is 10.1 Å². The van der Waals surface area contributed by atoms with Crippen LogP contribution in [0.1, 0.15) is 13.8 Å². The van der Waals surface area contributed by atoms with Crippen LogP contribution in [0, 0.1) is 11.2 Å². The molecule has 2 N–H and O–H groups in total. The van der Waals surface area contributed by atoms with Crippen LogP contribution in [0.3, 0.4) is 0 Å². The molecular weight excluding hydrogens is 289 g/mol. The fourth-order valence-electron chi connectivity index (χ4n) is 2.32. The Hall–Kier alpha value is -1.69. The maximum absolute atomic E-state index is 12.9. The summed E-state index contributed by atoms with van der Waals surface area (Å²) in [7, 11) is 0. The highest BCUT2D eigenvalue weighted by Gasteiger charge is 2.36. The Bertz CT molecular complexity index is 536. The maximum atomic E-state index is 12.9. The Morgan fingerprint density at radius 1 is 1.19 bits per heavy atom. The van der Waals surface area contributed by atoms with Gasteiger partial charge in [-0.25, -0.2) is 4.39 Å². The van der Waals surface area contributed by atoms with Crippen molar-refractivity contribution in [3.05, 3.63) is 30.1 Å². The first-order valence-electron chi connectivity index (χ1n) is 6.92. The summed E-state index contributed by atoms with van der Waals surface area (Å²) in [4.78, 5) is 16.6. The zero-order valence-corrected chi connectivity index (χ0v) is 13.1. The number of amides is 1. The van der Waals surface area contributed by atoms with Crippen LogP contribution in [0.25, 0.3) is 0 Å². The third-order valence-corrected chi connectivity index (χ3v) is 4.42. The van der Waals surface area contributed by atoms with Crippen molar-refractivity contribution in [2.75, 3.05) is 31.1 Å². The van der Waals surface area contributed by atoms with Gasteiger partial charge in [-0.2, -0.15) is 0 Å². The van der Waals surface area contributed by atoms with Crippen molar-refractivity contribution in [2.24, 2.45) is 11.1 Å². The zero-order chi connectivity index (χ0) is 15.6. The Kier molecular flexibility index (Phi) is 4.46. The third-order valence-electron chi connectivity index (χ3n) is 3.91. The molecule has 1 aromatic rings. The van der Waals surface area contributed by atoms with E-state index >= 15 is 0 Å². The molecule has 1 saturated heterocycles. The number of halogens is 1. The van der Waals surface area contributed by atoms with Gasteiger partial charge in [-0.05, 0) is 38.1 Å². The van der Waals surface area contributed by atoms with Gasteiger partial charge in [0.2, 0.25) is 5.91 Å². The summed E-state index contributed by atoms with van der Waals surface area (Å²) < 4.78 is 12.9. The Morgan fingerprint density at radius 2 is 1.71 bits per heavy atom. The van der Waals surface area contributed by atoms with E-state index in [2.05, 4.69) is 4.90 Å². The molecule has 0 bridgehead atoms. The fourth-order valence-corrected chi connectivity index (χ4v) is 2.41. The summed E-state index contributed by atoms with van der Waals surface area (Å²) in [6.45, 7) is 6.16. The average Bonchev–Trinajstić information content (AvgIpc) is 2.47. The smallest absolute Gasteiger partial charge is 0.235 e. The minimum absolute atomic E-state index is 0.0336. The van der Waals surface area contributed by atoms with E-state index < -0.39 is 5.41 Å². The van der Waals surface area contributed by atoms with Crippen LogP contribution < -0.4 is 10.6 Å². The van der Waals surface area contributed by atoms with E-state index in [1.54, 1.807) is 30.9 Å². The molecule has 0 unspecified atom stereocenters. The van der Waals surface area contributed by atoms with Crippen LogP contribution in [0.5, 0.6) is 0 Å². The molecule has 6 heteroatoms. The molecule has 0 aliphatic carbocycles. The first-order chi connectivity index (χ1) is 9.82. The summed E-state index contributed by atoms with van der Waals surface area (Å²) in [6.07, 6.45) is 0. The Balaban J connectivity index is 1.99. The Morgan fingerprint density at radius 3 is 2.19 bits per heavy atom. The lowest BCUT2D eigenvalue weighted by Crippen LogP contribution is -2.54. The van der Waals surface area contributed by atoms with Crippen molar-refractivity contribution in [1.82, 2.24) is 4.90 Å². The maximum Gasteiger partial charge on any atom is 0.235 e. The first kappa shape index (κ1) is 15.7. The molecule has 1 aliphatic rings. The van der Waals surface area contributed by atoms with Crippen LogP contribution in [0.2, 0.25) is 0 Å². The molecule has 0 aromatic heterocycles. The van der Waals surface area contributed by atoms with Gasteiger partial charge in [0.25, 0.3) is 0 Å². The molecule has 1 aromatic carbocycles. The molecule has 0 atom stereocenters. The van der Waals surface area contributed by atoms with Gasteiger partial charge in [-0.15, -0.1) is 0 Å². The van der Waals surface area contributed by atoms with E-state index in [4.69, 9.17) is 18.0 Å². The second-order valence-electron chi connectivity index (χ2n) is 5.74. The number of nitrogens with zero attached hydrogens (tertiary/aromatic N) is 2. The molecule has 0 spiro atoms. The van der Waals surface area contributed by atoms with Gasteiger partial charge in [0.15, 0.2) is 0 Å². The van der Waals surface area contributed by atoms with Crippen molar-refractivity contribution in [2.45, 2.75) is 13.8 Å². The number of rotatable bonds is 3. The summed E-state index contributed by atoms with van der Waals surface area (Å²) >= 11 is 4.97. The number of benzene rings is 1. The van der Waals surface area contributed by atoms with Gasteiger partial charge in [0, 0.05) is 31.9 Å². The monoisotopic (exact) mass is 309 g/mol. The van der Waals surface area contributed by atoms with E-state index in [0.29, 0.717) is 26.2 Å². The van der Waals surface area contributed by atoms with Gasteiger partial charge in [-0.1, -0.05) is 12.2 Å². The molecule has 1 heterocycles. The van der Waals surface area contributed by atoms with Crippen molar-refractivity contribution >= 4 is 28.8 Å².